The van der Waals surface area contributed by atoms with Crippen molar-refractivity contribution >= 4 is 5.69 Å². The van der Waals surface area contributed by atoms with Crippen molar-refractivity contribution in [2.45, 2.75) is 32.7 Å². The van der Waals surface area contributed by atoms with Crippen LogP contribution in [0.5, 0.6) is 0 Å². The summed E-state index contributed by atoms with van der Waals surface area (Å²) in [7, 11) is 0. The van der Waals surface area contributed by atoms with Crippen LogP contribution in [0, 0.1) is 18.3 Å². The van der Waals surface area contributed by atoms with E-state index in [1.807, 2.05) is 11.5 Å². The average molecular weight is 204 g/mol. The number of nitrogen functional groups attached to an aromatic ring is 1. The molecular weight excluding hydrogens is 188 g/mol. The van der Waals surface area contributed by atoms with Crippen molar-refractivity contribution in [1.29, 1.82) is 0 Å². The van der Waals surface area contributed by atoms with Crippen molar-refractivity contribution in [1.82, 2.24) is 4.57 Å². The fourth-order valence-corrected chi connectivity index (χ4v) is 2.60. The summed E-state index contributed by atoms with van der Waals surface area (Å²) in [5.41, 5.74) is 8.19. The lowest BCUT2D eigenvalue weighted by Crippen LogP contribution is -2.23. The van der Waals surface area contributed by atoms with Gasteiger partial charge in [0.1, 0.15) is 0 Å². The van der Waals surface area contributed by atoms with Crippen LogP contribution in [0.1, 0.15) is 25.0 Å². The molecule has 1 aromatic rings. The fraction of sp³-hybridized carbons (Fsp3) is 0.583. The molecule has 0 radical (unpaired) electrons. The molecule has 0 saturated heterocycles. The van der Waals surface area contributed by atoms with Crippen LogP contribution in [0.3, 0.4) is 0 Å². The van der Waals surface area contributed by atoms with Crippen LogP contribution in [-0.4, -0.2) is 4.57 Å². The second-order valence-corrected chi connectivity index (χ2v) is 5.09. The van der Waals surface area contributed by atoms with Crippen molar-refractivity contribution in [2.24, 2.45) is 11.3 Å². The van der Waals surface area contributed by atoms with Gasteiger partial charge >= 0.3 is 0 Å². The van der Waals surface area contributed by atoms with Gasteiger partial charge in [-0.05, 0) is 43.6 Å². The normalized spacial score (nSPS) is 25.5. The van der Waals surface area contributed by atoms with E-state index in [1.165, 1.54) is 19.3 Å². The summed E-state index contributed by atoms with van der Waals surface area (Å²) >= 11 is 0. The zero-order chi connectivity index (χ0) is 10.6. The monoisotopic (exact) mass is 204 g/mol. The predicted molar refractivity (Wildman–Crippen MR) is 59.6 cm³/mol. The van der Waals surface area contributed by atoms with E-state index in [0.717, 1.165) is 23.8 Å². The summed E-state index contributed by atoms with van der Waals surface area (Å²) in [6.45, 7) is 2.80. The predicted octanol–water partition coefficient (Wildman–Crippen LogP) is 1.54. The third-order valence-electron chi connectivity index (χ3n) is 4.15. The molecule has 1 aromatic heterocycles. The summed E-state index contributed by atoms with van der Waals surface area (Å²) in [5.74, 6) is 0.732. The van der Waals surface area contributed by atoms with Gasteiger partial charge in [0.05, 0.1) is 5.69 Å². The molecule has 0 aromatic carbocycles. The zero-order valence-corrected chi connectivity index (χ0v) is 8.99. The molecule has 1 heterocycles. The van der Waals surface area contributed by atoms with Crippen molar-refractivity contribution in [3.63, 3.8) is 0 Å². The Kier molecular flexibility index (Phi) is 1.59. The van der Waals surface area contributed by atoms with Gasteiger partial charge in [-0.15, -0.1) is 0 Å². The fourth-order valence-electron chi connectivity index (χ4n) is 2.60. The summed E-state index contributed by atoms with van der Waals surface area (Å²) < 4.78 is 1.84. The highest BCUT2D eigenvalue weighted by Crippen LogP contribution is 2.70. The Balaban J connectivity index is 1.90. The van der Waals surface area contributed by atoms with Crippen LogP contribution in [0.2, 0.25) is 0 Å². The van der Waals surface area contributed by atoms with Crippen molar-refractivity contribution in [2.75, 3.05) is 5.73 Å². The minimum Gasteiger partial charge on any atom is -0.397 e. The number of rotatable bonds is 2. The first-order valence-electron chi connectivity index (χ1n) is 5.58. The second kappa shape index (κ2) is 2.65. The van der Waals surface area contributed by atoms with E-state index in [2.05, 4.69) is 0 Å². The Morgan fingerprint density at radius 2 is 2.27 bits per heavy atom. The third kappa shape index (κ3) is 1.29. The molecular formula is C12H16N2O. The van der Waals surface area contributed by atoms with Gasteiger partial charge in [0.2, 0.25) is 0 Å². The molecule has 2 aliphatic rings. The Morgan fingerprint density at radius 1 is 1.53 bits per heavy atom. The minimum absolute atomic E-state index is 0.0874. The maximum atomic E-state index is 11.7. The van der Waals surface area contributed by atoms with Crippen LogP contribution in [-0.2, 0) is 6.54 Å². The van der Waals surface area contributed by atoms with Gasteiger partial charge in [0.15, 0.2) is 0 Å². The van der Waals surface area contributed by atoms with Crippen molar-refractivity contribution in [3.05, 3.63) is 28.2 Å². The molecule has 15 heavy (non-hydrogen) atoms. The summed E-state index contributed by atoms with van der Waals surface area (Å²) in [6.07, 6.45) is 4.05. The number of anilines is 1. The van der Waals surface area contributed by atoms with E-state index in [1.54, 1.807) is 12.1 Å². The van der Waals surface area contributed by atoms with Crippen LogP contribution in [0.4, 0.5) is 5.69 Å². The molecule has 1 atom stereocenters. The minimum atomic E-state index is 0.0874. The zero-order valence-electron chi connectivity index (χ0n) is 8.99. The highest BCUT2D eigenvalue weighted by Gasteiger charge is 2.62. The number of nitrogens with zero attached hydrogens (tertiary/aromatic N) is 1. The third-order valence-corrected chi connectivity index (χ3v) is 4.15. The Labute approximate surface area is 88.9 Å². The van der Waals surface area contributed by atoms with Crippen LogP contribution >= 0.6 is 0 Å². The topological polar surface area (TPSA) is 48.0 Å². The van der Waals surface area contributed by atoms with Gasteiger partial charge in [0, 0.05) is 18.3 Å². The maximum Gasteiger partial charge on any atom is 0.250 e. The quantitative estimate of drug-likeness (QED) is 0.794. The van der Waals surface area contributed by atoms with Crippen LogP contribution in [0.25, 0.3) is 0 Å². The molecule has 2 N–H and O–H groups in total. The van der Waals surface area contributed by atoms with Crippen molar-refractivity contribution in [3.8, 4) is 0 Å². The smallest absolute Gasteiger partial charge is 0.250 e. The molecule has 1 unspecified atom stereocenters. The van der Waals surface area contributed by atoms with Crippen LogP contribution < -0.4 is 11.3 Å². The van der Waals surface area contributed by atoms with Gasteiger partial charge in [-0.1, -0.05) is 0 Å². The van der Waals surface area contributed by atoms with E-state index >= 15 is 0 Å². The molecule has 2 aliphatic carbocycles. The van der Waals surface area contributed by atoms with E-state index in [9.17, 15) is 4.79 Å². The van der Waals surface area contributed by atoms with Crippen LogP contribution in [0.15, 0.2) is 16.9 Å². The van der Waals surface area contributed by atoms with Gasteiger partial charge in [0.25, 0.3) is 5.56 Å². The van der Waals surface area contributed by atoms with Gasteiger partial charge < -0.3 is 10.3 Å². The number of hydrogen-bond acceptors (Lipinski definition) is 2. The lowest BCUT2D eigenvalue weighted by molar-refractivity contribution is 0.549. The molecule has 80 valence electrons. The average Bonchev–Trinajstić information content (AvgIpc) is 3.10. The Bertz CT molecular complexity index is 471. The Hall–Kier alpha value is -1.25. The first kappa shape index (κ1) is 9.01. The Morgan fingerprint density at radius 3 is 2.87 bits per heavy atom. The van der Waals surface area contributed by atoms with E-state index < -0.39 is 0 Å². The molecule has 0 amide bonds. The summed E-state index contributed by atoms with van der Waals surface area (Å²) in [4.78, 5) is 11.7. The van der Waals surface area contributed by atoms with Gasteiger partial charge in [-0.3, -0.25) is 4.79 Å². The highest BCUT2D eigenvalue weighted by atomic mass is 16.1. The van der Waals surface area contributed by atoms with E-state index in [4.69, 9.17) is 5.73 Å². The lowest BCUT2D eigenvalue weighted by atomic mass is 10.2. The SMILES string of the molecule is Cc1c(N)ccc(=O)n1CC1CC12CC2. The summed E-state index contributed by atoms with van der Waals surface area (Å²) in [6, 6.07) is 3.28. The molecule has 2 fully saturated rings. The lowest BCUT2D eigenvalue weighted by Gasteiger charge is -2.11. The number of aromatic nitrogens is 1. The maximum absolute atomic E-state index is 11.7. The molecule has 1 spiro atoms. The standard InChI is InChI=1S/C12H16N2O/c1-8-10(13)2-3-11(15)14(8)7-9-6-12(9)4-5-12/h2-3,9H,4-7,13H2,1H3. The number of pyridine rings is 1. The number of hydrogen-bond donors (Lipinski definition) is 1. The van der Waals surface area contributed by atoms with Gasteiger partial charge in [-0.25, -0.2) is 0 Å². The largest absolute Gasteiger partial charge is 0.397 e. The molecule has 3 heteroatoms. The molecule has 0 bridgehead atoms. The van der Waals surface area contributed by atoms with Gasteiger partial charge in [-0.2, -0.15) is 0 Å². The van der Waals surface area contributed by atoms with E-state index in [0.29, 0.717) is 5.41 Å². The highest BCUT2D eigenvalue weighted by molar-refractivity contribution is 5.41. The molecule has 2 saturated carbocycles. The molecule has 3 nitrogen and oxygen atoms in total. The summed E-state index contributed by atoms with van der Waals surface area (Å²) in [5, 5.41) is 0. The second-order valence-electron chi connectivity index (χ2n) is 5.09. The van der Waals surface area contributed by atoms with Crippen molar-refractivity contribution < 1.29 is 0 Å². The first-order valence-corrected chi connectivity index (χ1v) is 5.58. The molecule has 3 rings (SSSR count). The number of nitrogens with two attached hydrogens (primary N) is 1. The molecule has 0 aliphatic heterocycles. The van der Waals surface area contributed by atoms with E-state index in [-0.39, 0.29) is 5.56 Å². The first-order chi connectivity index (χ1) is 7.12.